The van der Waals surface area contributed by atoms with Gasteiger partial charge in [-0.1, -0.05) is 19.1 Å². The van der Waals surface area contributed by atoms with Gasteiger partial charge < -0.3 is 9.88 Å². The smallest absolute Gasteiger partial charge is 0.262 e. The van der Waals surface area contributed by atoms with Crippen LogP contribution in [0.3, 0.4) is 0 Å². The summed E-state index contributed by atoms with van der Waals surface area (Å²) in [6.45, 7) is 4.69. The molecule has 0 bridgehead atoms. The molecule has 1 fully saturated rings. The van der Waals surface area contributed by atoms with Crippen molar-refractivity contribution in [3.05, 3.63) is 41.3 Å². The van der Waals surface area contributed by atoms with Crippen LogP contribution >= 0.6 is 15.9 Å². The van der Waals surface area contributed by atoms with E-state index in [1.54, 1.807) is 12.5 Å². The average molecular weight is 469 g/mol. The zero-order valence-electron chi connectivity index (χ0n) is 16.0. The highest BCUT2D eigenvalue weighted by atomic mass is 79.9. The summed E-state index contributed by atoms with van der Waals surface area (Å²) in [7, 11) is -3.64. The maximum Gasteiger partial charge on any atom is 0.262 e. The molecule has 0 spiro atoms. The highest BCUT2D eigenvalue weighted by Gasteiger charge is 2.33. The van der Waals surface area contributed by atoms with Gasteiger partial charge in [0.1, 0.15) is 0 Å². The first kappa shape index (κ1) is 21.0. The number of amides is 1. The van der Waals surface area contributed by atoms with Gasteiger partial charge in [-0.2, -0.15) is 4.31 Å². The lowest BCUT2D eigenvalue weighted by atomic mass is 9.97. The minimum atomic E-state index is -3.64. The fraction of sp³-hybridized carbons (Fsp3) is 0.474. The molecule has 1 atom stereocenters. The fourth-order valence-corrected chi connectivity index (χ4v) is 4.97. The summed E-state index contributed by atoms with van der Waals surface area (Å²) in [6.07, 6.45) is 5.03. The lowest BCUT2D eigenvalue weighted by Gasteiger charge is -2.30. The zero-order valence-corrected chi connectivity index (χ0v) is 18.4. The number of para-hydroxylation sites is 1. The number of carbonyl (C=O) groups is 1. The van der Waals surface area contributed by atoms with Crippen molar-refractivity contribution in [1.82, 2.24) is 13.9 Å². The first-order valence-corrected chi connectivity index (χ1v) is 11.6. The highest BCUT2D eigenvalue weighted by Crippen LogP contribution is 2.27. The number of rotatable bonds is 6. The minimum absolute atomic E-state index is 0.0731. The molecule has 1 aliphatic heterocycles. The van der Waals surface area contributed by atoms with Crippen LogP contribution < -0.4 is 5.32 Å². The number of nitrogens with one attached hydrogen (secondary N) is 1. The molecule has 9 heteroatoms. The van der Waals surface area contributed by atoms with Gasteiger partial charge in [-0.05, 0) is 54.2 Å². The number of benzene rings is 1. The largest absolute Gasteiger partial charge is 0.333 e. The summed E-state index contributed by atoms with van der Waals surface area (Å²) in [6, 6.07) is 7.63. The second kappa shape index (κ2) is 8.75. The van der Waals surface area contributed by atoms with Crippen molar-refractivity contribution in [1.29, 1.82) is 0 Å². The van der Waals surface area contributed by atoms with Crippen LogP contribution in [0.1, 0.15) is 39.2 Å². The van der Waals surface area contributed by atoms with Crippen LogP contribution in [0, 0.1) is 5.92 Å². The van der Waals surface area contributed by atoms with Crippen LogP contribution in [0.2, 0.25) is 0 Å². The number of aromatic nitrogens is 2. The maximum atomic E-state index is 12.9. The van der Waals surface area contributed by atoms with Gasteiger partial charge in [-0.25, -0.2) is 13.4 Å². The summed E-state index contributed by atoms with van der Waals surface area (Å²) >= 11 is 3.42. The quantitative estimate of drug-likeness (QED) is 0.700. The third-order valence-corrected chi connectivity index (χ3v) is 7.71. The van der Waals surface area contributed by atoms with Crippen LogP contribution in [0.15, 0.2) is 46.3 Å². The molecule has 0 radical (unpaired) electrons. The third kappa shape index (κ3) is 4.47. The molecule has 1 aliphatic rings. The van der Waals surface area contributed by atoms with E-state index >= 15 is 0 Å². The summed E-state index contributed by atoms with van der Waals surface area (Å²) in [4.78, 5) is 16.6. The van der Waals surface area contributed by atoms with Crippen molar-refractivity contribution in [2.45, 2.75) is 44.2 Å². The van der Waals surface area contributed by atoms with E-state index < -0.39 is 10.0 Å². The van der Waals surface area contributed by atoms with E-state index in [9.17, 15) is 13.2 Å². The molecule has 0 saturated carbocycles. The SMILES string of the molecule is CCC(C)n1cnc(S(=O)(=O)N2CCC(C(=O)Nc3ccccc3Br)CC2)c1. The molecule has 2 aromatic rings. The topological polar surface area (TPSA) is 84.3 Å². The van der Waals surface area contributed by atoms with E-state index in [0.29, 0.717) is 25.9 Å². The average Bonchev–Trinajstić information content (AvgIpc) is 3.20. The Hall–Kier alpha value is -1.71. The van der Waals surface area contributed by atoms with Crippen molar-refractivity contribution in [3.8, 4) is 0 Å². The Morgan fingerprint density at radius 3 is 2.64 bits per heavy atom. The number of nitrogens with zero attached hydrogens (tertiary/aromatic N) is 3. The number of sulfonamides is 1. The first-order valence-electron chi connectivity index (χ1n) is 9.42. The number of hydrogen-bond acceptors (Lipinski definition) is 4. The molecule has 1 N–H and O–H groups in total. The maximum absolute atomic E-state index is 12.9. The lowest BCUT2D eigenvalue weighted by molar-refractivity contribution is -0.120. The van der Waals surface area contributed by atoms with Gasteiger partial charge in [0.05, 0.1) is 12.0 Å². The third-order valence-electron chi connectivity index (χ3n) is 5.24. The van der Waals surface area contributed by atoms with Crippen LogP contribution in [0.25, 0.3) is 0 Å². The van der Waals surface area contributed by atoms with Gasteiger partial charge in [-0.15, -0.1) is 0 Å². The Balaban J connectivity index is 1.62. The monoisotopic (exact) mass is 468 g/mol. The van der Waals surface area contributed by atoms with Gasteiger partial charge in [0.25, 0.3) is 10.0 Å². The van der Waals surface area contributed by atoms with E-state index in [-0.39, 0.29) is 22.9 Å². The van der Waals surface area contributed by atoms with Gasteiger partial charge in [-0.3, -0.25) is 4.79 Å². The van der Waals surface area contributed by atoms with Crippen LogP contribution in [-0.4, -0.2) is 41.3 Å². The molecule has 0 aliphatic carbocycles. The second-order valence-corrected chi connectivity index (χ2v) is 9.80. The molecule has 2 heterocycles. The zero-order chi connectivity index (χ0) is 20.3. The van der Waals surface area contributed by atoms with Crippen LogP contribution in [-0.2, 0) is 14.8 Å². The minimum Gasteiger partial charge on any atom is -0.333 e. The van der Waals surface area contributed by atoms with Crippen molar-refractivity contribution in [3.63, 3.8) is 0 Å². The number of carbonyl (C=O) groups excluding carboxylic acids is 1. The molecular formula is C19H25BrN4O3S. The molecule has 1 saturated heterocycles. The lowest BCUT2D eigenvalue weighted by Crippen LogP contribution is -2.41. The van der Waals surface area contributed by atoms with E-state index in [1.165, 1.54) is 4.31 Å². The number of imidazole rings is 1. The molecule has 1 amide bonds. The Kier molecular flexibility index (Phi) is 6.57. The fourth-order valence-electron chi connectivity index (χ4n) is 3.19. The van der Waals surface area contributed by atoms with Crippen molar-refractivity contribution < 1.29 is 13.2 Å². The van der Waals surface area contributed by atoms with E-state index in [0.717, 1.165) is 16.6 Å². The number of hydrogen-bond donors (Lipinski definition) is 1. The van der Waals surface area contributed by atoms with Crippen molar-refractivity contribution in [2.75, 3.05) is 18.4 Å². The van der Waals surface area contributed by atoms with Gasteiger partial charge in [0.15, 0.2) is 5.03 Å². The molecule has 1 unspecified atom stereocenters. The number of anilines is 1. The molecule has 152 valence electrons. The highest BCUT2D eigenvalue weighted by molar-refractivity contribution is 9.10. The second-order valence-electron chi connectivity index (χ2n) is 7.06. The van der Waals surface area contributed by atoms with E-state index in [2.05, 4.69) is 26.2 Å². The molecule has 1 aromatic heterocycles. The van der Waals surface area contributed by atoms with Crippen LogP contribution in [0.4, 0.5) is 5.69 Å². The van der Waals surface area contributed by atoms with Crippen molar-refractivity contribution in [2.24, 2.45) is 5.92 Å². The predicted molar refractivity (Wildman–Crippen MR) is 111 cm³/mol. The first-order chi connectivity index (χ1) is 13.3. The van der Waals surface area contributed by atoms with E-state index in [1.807, 2.05) is 42.7 Å². The Morgan fingerprint density at radius 1 is 1.32 bits per heavy atom. The number of halogens is 1. The predicted octanol–water partition coefficient (Wildman–Crippen LogP) is 3.66. The summed E-state index contributed by atoms with van der Waals surface area (Å²) in [5.74, 6) is -0.291. The van der Waals surface area contributed by atoms with Gasteiger partial charge >= 0.3 is 0 Å². The summed E-state index contributed by atoms with van der Waals surface area (Å²) in [5, 5.41) is 2.99. The van der Waals surface area contributed by atoms with Gasteiger partial charge in [0, 0.05) is 35.7 Å². The van der Waals surface area contributed by atoms with E-state index in [4.69, 9.17) is 0 Å². The molecule has 1 aromatic carbocycles. The standard InChI is InChI=1S/C19H25BrN4O3S/c1-3-14(2)23-12-18(21-13-23)28(26,27)24-10-8-15(9-11-24)19(25)22-17-7-5-4-6-16(17)20/h4-7,12-15H,3,8-11H2,1-2H3,(H,22,25). The van der Waals surface area contributed by atoms with Crippen LogP contribution in [0.5, 0.6) is 0 Å². The molecule has 7 nitrogen and oxygen atoms in total. The summed E-state index contributed by atoms with van der Waals surface area (Å²) < 4.78 is 29.8. The Bertz CT molecular complexity index is 936. The molecular weight excluding hydrogens is 444 g/mol. The van der Waals surface area contributed by atoms with Gasteiger partial charge in [0.2, 0.25) is 5.91 Å². The Labute approximate surface area is 174 Å². The summed E-state index contributed by atoms with van der Waals surface area (Å²) in [5.41, 5.74) is 0.720. The normalized spacial score (nSPS) is 17.4. The van der Waals surface area contributed by atoms with Crippen molar-refractivity contribution >= 4 is 37.5 Å². The number of piperidine rings is 1. The Morgan fingerprint density at radius 2 is 2.00 bits per heavy atom. The molecule has 28 heavy (non-hydrogen) atoms. The molecule has 3 rings (SSSR count).